The Kier molecular flexibility index (Phi) is 7.88. The van der Waals surface area contributed by atoms with E-state index in [2.05, 4.69) is 38.7 Å². The number of nitrogens with one attached hydrogen (secondary N) is 2. The zero-order chi connectivity index (χ0) is 23.7. The molecule has 6 bridgehead atoms. The molecule has 0 atom stereocenters. The van der Waals surface area contributed by atoms with Gasteiger partial charge in [-0.2, -0.15) is 0 Å². The van der Waals surface area contributed by atoms with Crippen LogP contribution in [0.25, 0.3) is 11.3 Å². The Morgan fingerprint density at radius 3 is 2.91 bits per heavy atom. The number of nitrogens with zero attached hydrogens (tertiary/aromatic N) is 3. The standard InChI is InChI=1S/C28H33N5O2/c1-2-12-29-21-23-19-24(9-10-27(23)35-18-16-33-14-3-4-15-33)31-28-30-13-11-26(32-28)22-7-6-8-25(20-22)34-17-5-1/h1-2,6-11,13,19-20,29H,3-5,12,14-18,21H2,(H,30,31,32). The summed E-state index contributed by atoms with van der Waals surface area (Å²) in [5.74, 6) is 2.31. The largest absolute Gasteiger partial charge is 0.493 e. The van der Waals surface area contributed by atoms with E-state index in [1.54, 1.807) is 6.20 Å². The number of benzene rings is 2. The second kappa shape index (κ2) is 11.8. The SMILES string of the molecule is C1=CCNCc2cc(ccc2OCCN2CCCC2)Nc2nccc(n2)-c2cccc(c2)OCC1. The summed E-state index contributed by atoms with van der Waals surface area (Å²) >= 11 is 0. The van der Waals surface area contributed by atoms with Gasteiger partial charge in [0.2, 0.25) is 5.95 Å². The highest BCUT2D eigenvalue weighted by Gasteiger charge is 2.12. The Bertz CT molecular complexity index is 1140. The molecule has 182 valence electrons. The van der Waals surface area contributed by atoms with Crippen molar-refractivity contribution in [2.75, 3.05) is 44.7 Å². The second-order valence-corrected chi connectivity index (χ2v) is 8.88. The predicted molar refractivity (Wildman–Crippen MR) is 139 cm³/mol. The van der Waals surface area contributed by atoms with E-state index < -0.39 is 0 Å². The summed E-state index contributed by atoms with van der Waals surface area (Å²) in [4.78, 5) is 11.6. The normalized spacial score (nSPS) is 16.6. The van der Waals surface area contributed by atoms with Crippen LogP contribution in [0.15, 0.2) is 66.9 Å². The summed E-state index contributed by atoms with van der Waals surface area (Å²) in [5, 5.41) is 6.87. The molecule has 2 aromatic carbocycles. The minimum absolute atomic E-state index is 0.555. The van der Waals surface area contributed by atoms with Crippen molar-refractivity contribution >= 4 is 11.6 Å². The fourth-order valence-corrected chi connectivity index (χ4v) is 4.42. The van der Waals surface area contributed by atoms with Crippen molar-refractivity contribution in [3.63, 3.8) is 0 Å². The average Bonchev–Trinajstić information content (AvgIpc) is 3.40. The van der Waals surface area contributed by atoms with Crippen LogP contribution in [0.3, 0.4) is 0 Å². The van der Waals surface area contributed by atoms with Crippen molar-refractivity contribution in [3.8, 4) is 22.8 Å². The van der Waals surface area contributed by atoms with Crippen molar-refractivity contribution in [2.45, 2.75) is 25.8 Å². The van der Waals surface area contributed by atoms with Crippen LogP contribution in [0.5, 0.6) is 11.5 Å². The van der Waals surface area contributed by atoms with Crippen molar-refractivity contribution < 1.29 is 9.47 Å². The lowest BCUT2D eigenvalue weighted by Gasteiger charge is -2.17. The Labute approximate surface area is 207 Å². The molecule has 0 aliphatic carbocycles. The fraction of sp³-hybridized carbons (Fsp3) is 0.357. The van der Waals surface area contributed by atoms with Crippen LogP contribution < -0.4 is 20.1 Å². The van der Waals surface area contributed by atoms with Crippen molar-refractivity contribution in [2.24, 2.45) is 0 Å². The molecular weight excluding hydrogens is 438 g/mol. The number of anilines is 2. The molecule has 0 amide bonds. The van der Waals surface area contributed by atoms with Crippen molar-refractivity contribution in [3.05, 3.63) is 72.4 Å². The number of rotatable bonds is 4. The predicted octanol–water partition coefficient (Wildman–Crippen LogP) is 4.79. The molecule has 35 heavy (non-hydrogen) atoms. The third-order valence-corrected chi connectivity index (χ3v) is 6.26. The molecule has 5 rings (SSSR count). The molecule has 3 aromatic rings. The van der Waals surface area contributed by atoms with E-state index in [4.69, 9.17) is 14.5 Å². The summed E-state index contributed by atoms with van der Waals surface area (Å²) in [7, 11) is 0. The molecule has 7 nitrogen and oxygen atoms in total. The minimum atomic E-state index is 0.555. The molecule has 7 heteroatoms. The first-order valence-corrected chi connectivity index (χ1v) is 12.5. The quantitative estimate of drug-likeness (QED) is 0.530. The molecule has 2 aliphatic rings. The van der Waals surface area contributed by atoms with E-state index in [1.165, 1.54) is 25.9 Å². The Morgan fingerprint density at radius 1 is 1.03 bits per heavy atom. The fourth-order valence-electron chi connectivity index (χ4n) is 4.42. The first-order chi connectivity index (χ1) is 17.3. The van der Waals surface area contributed by atoms with Gasteiger partial charge in [0.1, 0.15) is 18.1 Å². The van der Waals surface area contributed by atoms with Crippen LogP contribution in [0, 0.1) is 0 Å². The Morgan fingerprint density at radius 2 is 1.97 bits per heavy atom. The Hall–Kier alpha value is -3.42. The lowest BCUT2D eigenvalue weighted by molar-refractivity contribution is 0.236. The molecule has 2 aliphatic heterocycles. The number of hydrogen-bond donors (Lipinski definition) is 2. The number of fused-ring (bicyclic) bond motifs is 7. The maximum Gasteiger partial charge on any atom is 0.227 e. The van der Waals surface area contributed by atoms with Gasteiger partial charge in [-0.25, -0.2) is 9.97 Å². The topological polar surface area (TPSA) is 71.5 Å². The molecule has 1 saturated heterocycles. The summed E-state index contributed by atoms with van der Waals surface area (Å²) in [6, 6.07) is 16.1. The molecule has 0 spiro atoms. The van der Waals surface area contributed by atoms with Gasteiger partial charge in [-0.05, 0) is 68.8 Å². The number of likely N-dealkylation sites (tertiary alicyclic amines) is 1. The molecule has 0 unspecified atom stereocenters. The zero-order valence-electron chi connectivity index (χ0n) is 20.1. The van der Waals surface area contributed by atoms with E-state index in [0.29, 0.717) is 25.7 Å². The van der Waals surface area contributed by atoms with E-state index in [9.17, 15) is 0 Å². The number of ether oxygens (including phenoxy) is 2. The molecule has 2 N–H and O–H groups in total. The number of hydrogen-bond acceptors (Lipinski definition) is 7. The molecule has 0 saturated carbocycles. The third kappa shape index (κ3) is 6.59. The Balaban J connectivity index is 1.37. The molecule has 0 radical (unpaired) electrons. The second-order valence-electron chi connectivity index (χ2n) is 8.88. The average molecular weight is 472 g/mol. The van der Waals surface area contributed by atoms with Gasteiger partial charge in [-0.15, -0.1) is 0 Å². The smallest absolute Gasteiger partial charge is 0.227 e. The molecular formula is C28H33N5O2. The summed E-state index contributed by atoms with van der Waals surface area (Å²) in [5.41, 5.74) is 3.88. The van der Waals surface area contributed by atoms with Gasteiger partial charge in [0.25, 0.3) is 0 Å². The summed E-state index contributed by atoms with van der Waals surface area (Å²) < 4.78 is 12.1. The van der Waals surface area contributed by atoms with E-state index in [0.717, 1.165) is 53.5 Å². The highest BCUT2D eigenvalue weighted by Crippen LogP contribution is 2.27. The molecule has 3 heterocycles. The van der Waals surface area contributed by atoms with Gasteiger partial charge in [-0.3, -0.25) is 4.90 Å². The van der Waals surface area contributed by atoms with Gasteiger partial charge >= 0.3 is 0 Å². The van der Waals surface area contributed by atoms with Gasteiger partial charge < -0.3 is 20.1 Å². The van der Waals surface area contributed by atoms with E-state index in [-0.39, 0.29) is 0 Å². The van der Waals surface area contributed by atoms with Crippen LogP contribution in [-0.2, 0) is 6.54 Å². The summed E-state index contributed by atoms with van der Waals surface area (Å²) in [6.45, 7) is 6.16. The van der Waals surface area contributed by atoms with Crippen LogP contribution in [0.2, 0.25) is 0 Å². The first kappa shape index (κ1) is 23.3. The number of aromatic nitrogens is 2. The van der Waals surface area contributed by atoms with Crippen LogP contribution >= 0.6 is 0 Å². The van der Waals surface area contributed by atoms with Gasteiger partial charge in [0, 0.05) is 42.6 Å². The maximum absolute atomic E-state index is 6.21. The van der Waals surface area contributed by atoms with Gasteiger partial charge in [-0.1, -0.05) is 24.3 Å². The van der Waals surface area contributed by atoms with Gasteiger partial charge in [0.15, 0.2) is 0 Å². The molecule has 1 fully saturated rings. The van der Waals surface area contributed by atoms with Crippen LogP contribution in [-0.4, -0.2) is 54.3 Å². The van der Waals surface area contributed by atoms with Gasteiger partial charge in [0.05, 0.1) is 12.3 Å². The summed E-state index contributed by atoms with van der Waals surface area (Å²) in [6.07, 6.45) is 9.53. The zero-order valence-corrected chi connectivity index (χ0v) is 20.1. The highest BCUT2D eigenvalue weighted by molar-refractivity contribution is 5.64. The minimum Gasteiger partial charge on any atom is -0.493 e. The van der Waals surface area contributed by atoms with Crippen LogP contribution in [0.4, 0.5) is 11.6 Å². The van der Waals surface area contributed by atoms with E-state index >= 15 is 0 Å². The molecule has 1 aromatic heterocycles. The van der Waals surface area contributed by atoms with Crippen LogP contribution in [0.1, 0.15) is 24.8 Å². The van der Waals surface area contributed by atoms with Crippen molar-refractivity contribution in [1.29, 1.82) is 0 Å². The lowest BCUT2D eigenvalue weighted by atomic mass is 10.1. The third-order valence-electron chi connectivity index (χ3n) is 6.26. The highest BCUT2D eigenvalue weighted by atomic mass is 16.5. The maximum atomic E-state index is 6.21. The monoisotopic (exact) mass is 471 g/mol. The first-order valence-electron chi connectivity index (χ1n) is 12.5. The van der Waals surface area contributed by atoms with E-state index in [1.807, 2.05) is 42.5 Å². The lowest BCUT2D eigenvalue weighted by Crippen LogP contribution is -2.25. The van der Waals surface area contributed by atoms with Crippen molar-refractivity contribution in [1.82, 2.24) is 20.2 Å².